The van der Waals surface area contributed by atoms with Crippen LogP contribution in [-0.2, 0) is 9.53 Å². The summed E-state index contributed by atoms with van der Waals surface area (Å²) in [5.74, 6) is -0.239. The third kappa shape index (κ3) is 2.22. The highest BCUT2D eigenvalue weighted by molar-refractivity contribution is 7.22. The number of nitrogens with zero attached hydrogens (tertiary/aromatic N) is 1. The summed E-state index contributed by atoms with van der Waals surface area (Å²) in [6.07, 6.45) is -0.464. The molecule has 0 aliphatic carbocycles. The average Bonchev–Trinajstić information content (AvgIpc) is 2.78. The summed E-state index contributed by atoms with van der Waals surface area (Å²) in [4.78, 5) is 14.7. The number of carbonyl (C=O) groups is 1. The fourth-order valence-electron chi connectivity index (χ4n) is 1.92. The van der Waals surface area contributed by atoms with Crippen LogP contribution in [0.2, 0.25) is 0 Å². The van der Waals surface area contributed by atoms with Crippen LogP contribution in [0.5, 0.6) is 11.5 Å². The molecule has 106 valence electrons. The fraction of sp³-hybridized carbons (Fsp3) is 0.333. The third-order valence-corrected chi connectivity index (χ3v) is 3.62. The maximum Gasteiger partial charge on any atom is 0.302 e. The molecule has 0 saturated heterocycles. The first-order valence-electron chi connectivity index (χ1n) is 5.86. The van der Waals surface area contributed by atoms with Crippen LogP contribution in [0.3, 0.4) is 0 Å². The molecule has 8 heteroatoms. The summed E-state index contributed by atoms with van der Waals surface area (Å²) in [7, 11) is 0. The number of halogens is 1. The van der Waals surface area contributed by atoms with E-state index in [0.717, 1.165) is 11.3 Å². The molecule has 1 atom stereocenters. The van der Waals surface area contributed by atoms with E-state index < -0.39 is 17.9 Å². The van der Waals surface area contributed by atoms with Gasteiger partial charge in [-0.1, -0.05) is 11.3 Å². The summed E-state index contributed by atoms with van der Waals surface area (Å²) >= 11 is 1.14. The summed E-state index contributed by atoms with van der Waals surface area (Å²) in [5.41, 5.74) is 5.76. The van der Waals surface area contributed by atoms with Gasteiger partial charge in [0.25, 0.3) is 0 Å². The quantitative estimate of drug-likeness (QED) is 0.850. The molecule has 0 fully saturated rings. The predicted octanol–water partition coefficient (Wildman–Crippen LogP) is 1.72. The van der Waals surface area contributed by atoms with Crippen molar-refractivity contribution >= 4 is 32.7 Å². The van der Waals surface area contributed by atoms with Crippen LogP contribution < -0.4 is 15.2 Å². The monoisotopic (exact) mass is 298 g/mol. The molecule has 0 saturated carbocycles. The molecule has 0 spiro atoms. The number of thiazole rings is 1. The highest BCUT2D eigenvalue weighted by Crippen LogP contribution is 2.43. The molecule has 1 aromatic carbocycles. The lowest BCUT2D eigenvalue weighted by Gasteiger charge is -2.26. The number of rotatable bonds is 2. The van der Waals surface area contributed by atoms with Crippen molar-refractivity contribution in [2.24, 2.45) is 0 Å². The van der Waals surface area contributed by atoms with Gasteiger partial charge in [0.1, 0.15) is 23.4 Å². The van der Waals surface area contributed by atoms with E-state index in [2.05, 4.69) is 4.98 Å². The minimum absolute atomic E-state index is 0.0548. The van der Waals surface area contributed by atoms with Crippen LogP contribution in [0, 0.1) is 5.82 Å². The largest absolute Gasteiger partial charge is 0.484 e. The Kier molecular flexibility index (Phi) is 3.09. The molecule has 1 aromatic heterocycles. The van der Waals surface area contributed by atoms with E-state index in [9.17, 15) is 9.18 Å². The van der Waals surface area contributed by atoms with Crippen molar-refractivity contribution in [3.63, 3.8) is 0 Å². The number of esters is 1. The molecule has 20 heavy (non-hydrogen) atoms. The number of nitrogens with two attached hydrogens (primary N) is 1. The second-order valence-corrected chi connectivity index (χ2v) is 5.30. The third-order valence-electron chi connectivity index (χ3n) is 2.74. The number of fused-ring (bicyclic) bond motifs is 3. The summed E-state index contributed by atoms with van der Waals surface area (Å²) in [6, 6.07) is 1.21. The predicted molar refractivity (Wildman–Crippen MR) is 70.5 cm³/mol. The van der Waals surface area contributed by atoms with Gasteiger partial charge in [-0.25, -0.2) is 9.37 Å². The van der Waals surface area contributed by atoms with Crippen molar-refractivity contribution in [3.05, 3.63) is 11.9 Å². The molecule has 6 nitrogen and oxygen atoms in total. The Morgan fingerprint density at radius 3 is 3.25 bits per heavy atom. The number of ether oxygens (including phenoxy) is 3. The van der Waals surface area contributed by atoms with Crippen LogP contribution in [0.4, 0.5) is 9.52 Å². The maximum absolute atomic E-state index is 13.9. The number of nitrogen functional groups attached to an aromatic ring is 1. The molecule has 2 N–H and O–H groups in total. The molecule has 0 radical (unpaired) electrons. The Balaban J connectivity index is 1.92. The van der Waals surface area contributed by atoms with E-state index in [-0.39, 0.29) is 29.6 Å². The Bertz CT molecular complexity index is 688. The first-order chi connectivity index (χ1) is 9.54. The Morgan fingerprint density at radius 2 is 2.50 bits per heavy atom. The van der Waals surface area contributed by atoms with Crippen molar-refractivity contribution in [2.45, 2.75) is 13.0 Å². The molecule has 1 unspecified atom stereocenters. The molecule has 2 heterocycles. The van der Waals surface area contributed by atoms with Crippen molar-refractivity contribution in [2.75, 3.05) is 18.9 Å². The van der Waals surface area contributed by atoms with Gasteiger partial charge >= 0.3 is 5.97 Å². The van der Waals surface area contributed by atoms with Gasteiger partial charge in [0.2, 0.25) is 0 Å². The van der Waals surface area contributed by atoms with Crippen LogP contribution >= 0.6 is 11.3 Å². The van der Waals surface area contributed by atoms with Gasteiger partial charge in [-0.05, 0) is 0 Å². The van der Waals surface area contributed by atoms with Crippen molar-refractivity contribution in [3.8, 4) is 11.5 Å². The topological polar surface area (TPSA) is 83.7 Å². The number of hydrogen-bond acceptors (Lipinski definition) is 7. The Labute approximate surface area is 117 Å². The SMILES string of the molecule is CC(=O)OCC1COc2c(cc(F)c3nc(N)sc23)O1. The average molecular weight is 298 g/mol. The second kappa shape index (κ2) is 4.78. The summed E-state index contributed by atoms with van der Waals surface area (Å²) in [5, 5.41) is 0.262. The minimum Gasteiger partial charge on any atom is -0.484 e. The summed E-state index contributed by atoms with van der Waals surface area (Å²) in [6.45, 7) is 1.57. The molecule has 0 bridgehead atoms. The van der Waals surface area contributed by atoms with Gasteiger partial charge in [-0.2, -0.15) is 0 Å². The minimum atomic E-state index is -0.525. The van der Waals surface area contributed by atoms with Crippen molar-refractivity contribution in [1.82, 2.24) is 4.98 Å². The normalized spacial score (nSPS) is 17.2. The highest BCUT2D eigenvalue weighted by atomic mass is 32.1. The maximum atomic E-state index is 13.9. The van der Waals surface area contributed by atoms with Gasteiger partial charge in [-0.15, -0.1) is 0 Å². The van der Waals surface area contributed by atoms with E-state index in [1.54, 1.807) is 0 Å². The molecule has 0 amide bonds. The molecular weight excluding hydrogens is 287 g/mol. The van der Waals surface area contributed by atoms with E-state index in [1.165, 1.54) is 13.0 Å². The van der Waals surface area contributed by atoms with Gasteiger partial charge in [0, 0.05) is 13.0 Å². The molecular formula is C12H11FN2O4S. The number of hydrogen-bond donors (Lipinski definition) is 1. The van der Waals surface area contributed by atoms with Gasteiger partial charge in [-0.3, -0.25) is 4.79 Å². The second-order valence-electron chi connectivity index (χ2n) is 4.27. The standard InChI is InChI=1S/C12H11FN2O4S/c1-5(16)17-3-6-4-18-10-8(19-6)2-7(13)9-11(10)20-12(14)15-9/h2,6H,3-4H2,1H3,(H2,14,15). The first kappa shape index (κ1) is 12.9. The lowest BCUT2D eigenvalue weighted by atomic mass is 10.2. The van der Waals surface area contributed by atoms with Gasteiger partial charge in [0.15, 0.2) is 28.6 Å². The molecule has 1 aliphatic rings. The van der Waals surface area contributed by atoms with Crippen molar-refractivity contribution < 1.29 is 23.4 Å². The van der Waals surface area contributed by atoms with Gasteiger partial charge in [0.05, 0.1) is 0 Å². The highest BCUT2D eigenvalue weighted by Gasteiger charge is 2.27. The summed E-state index contributed by atoms with van der Waals surface area (Å²) < 4.78 is 30.4. The molecule has 1 aliphatic heterocycles. The zero-order valence-electron chi connectivity index (χ0n) is 10.5. The van der Waals surface area contributed by atoms with Crippen LogP contribution in [0.1, 0.15) is 6.92 Å². The van der Waals surface area contributed by atoms with E-state index >= 15 is 0 Å². The van der Waals surface area contributed by atoms with Gasteiger partial charge < -0.3 is 19.9 Å². The smallest absolute Gasteiger partial charge is 0.302 e. The number of aromatic nitrogens is 1. The zero-order valence-corrected chi connectivity index (χ0v) is 11.3. The lowest BCUT2D eigenvalue weighted by Crippen LogP contribution is -2.34. The Morgan fingerprint density at radius 1 is 1.70 bits per heavy atom. The van der Waals surface area contributed by atoms with Crippen molar-refractivity contribution in [1.29, 1.82) is 0 Å². The number of anilines is 1. The fourth-order valence-corrected chi connectivity index (χ4v) is 2.76. The number of carbonyl (C=O) groups excluding carboxylic acids is 1. The van der Waals surface area contributed by atoms with Crippen LogP contribution in [0.15, 0.2) is 6.07 Å². The van der Waals surface area contributed by atoms with E-state index in [4.69, 9.17) is 19.9 Å². The van der Waals surface area contributed by atoms with E-state index in [1.807, 2.05) is 0 Å². The molecule has 2 aromatic rings. The lowest BCUT2D eigenvalue weighted by molar-refractivity contribution is -0.144. The Hall–Kier alpha value is -2.09. The van der Waals surface area contributed by atoms with Crippen LogP contribution in [0.25, 0.3) is 10.2 Å². The first-order valence-corrected chi connectivity index (χ1v) is 6.67. The zero-order chi connectivity index (χ0) is 14.3. The van der Waals surface area contributed by atoms with Crippen LogP contribution in [-0.4, -0.2) is 30.3 Å². The molecule has 3 rings (SSSR count). The number of benzene rings is 1. The van der Waals surface area contributed by atoms with E-state index in [0.29, 0.717) is 10.4 Å².